The molecule has 4 rings (SSSR count). The van der Waals surface area contributed by atoms with E-state index in [0.29, 0.717) is 6.54 Å². The largest absolute Gasteiger partial charge is 0.449 e. The number of rotatable bonds is 6. The van der Waals surface area contributed by atoms with Crippen LogP contribution in [0.15, 0.2) is 78.9 Å². The lowest BCUT2D eigenvalue weighted by Crippen LogP contribution is -2.45. The van der Waals surface area contributed by atoms with Gasteiger partial charge in [-0.05, 0) is 34.7 Å². The highest BCUT2D eigenvalue weighted by atomic mass is 16.5. The van der Waals surface area contributed by atoms with Crippen molar-refractivity contribution < 1.29 is 14.3 Å². The predicted octanol–water partition coefficient (Wildman–Crippen LogP) is 4.23. The number of hydrogen-bond acceptors (Lipinski definition) is 3. The summed E-state index contributed by atoms with van der Waals surface area (Å²) in [5, 5.41) is 5.43. The Morgan fingerprint density at radius 1 is 0.867 bits per heavy atom. The van der Waals surface area contributed by atoms with Crippen LogP contribution in [0.1, 0.15) is 29.5 Å². The maximum atomic E-state index is 12.3. The minimum Gasteiger partial charge on any atom is -0.449 e. The third kappa shape index (κ3) is 4.20. The molecule has 5 nitrogen and oxygen atoms in total. The van der Waals surface area contributed by atoms with E-state index in [1.54, 1.807) is 6.92 Å². The van der Waals surface area contributed by atoms with Crippen LogP contribution >= 0.6 is 0 Å². The fourth-order valence-corrected chi connectivity index (χ4v) is 3.82. The van der Waals surface area contributed by atoms with Crippen LogP contribution in [0.25, 0.3) is 11.1 Å². The van der Waals surface area contributed by atoms with Gasteiger partial charge in [0.05, 0.1) is 0 Å². The van der Waals surface area contributed by atoms with Gasteiger partial charge in [0, 0.05) is 12.5 Å². The number of alkyl carbamates (subject to hydrolysis) is 1. The van der Waals surface area contributed by atoms with Crippen LogP contribution in [-0.4, -0.2) is 24.6 Å². The molecule has 0 spiro atoms. The number of nitrogens with one attached hydrogen (secondary N) is 2. The van der Waals surface area contributed by atoms with Crippen molar-refractivity contribution in [2.75, 3.05) is 6.61 Å². The zero-order chi connectivity index (χ0) is 20.9. The van der Waals surface area contributed by atoms with Crippen molar-refractivity contribution in [3.05, 3.63) is 95.6 Å². The maximum Gasteiger partial charge on any atom is 0.407 e. The molecule has 1 atom stereocenters. The van der Waals surface area contributed by atoms with Gasteiger partial charge in [-0.25, -0.2) is 4.79 Å². The van der Waals surface area contributed by atoms with Gasteiger partial charge in [0.15, 0.2) is 0 Å². The molecule has 0 aliphatic heterocycles. The lowest BCUT2D eigenvalue weighted by Gasteiger charge is -2.17. The average molecular weight is 400 g/mol. The molecule has 0 radical (unpaired) electrons. The highest BCUT2D eigenvalue weighted by Gasteiger charge is 2.29. The van der Waals surface area contributed by atoms with Crippen LogP contribution in [0.3, 0.4) is 0 Å². The summed E-state index contributed by atoms with van der Waals surface area (Å²) >= 11 is 0. The quantitative estimate of drug-likeness (QED) is 0.651. The minimum atomic E-state index is -0.690. The second-order valence-corrected chi connectivity index (χ2v) is 7.39. The van der Waals surface area contributed by atoms with Crippen LogP contribution in [0.4, 0.5) is 4.79 Å². The third-order valence-electron chi connectivity index (χ3n) is 5.38. The Kier molecular flexibility index (Phi) is 5.80. The molecule has 0 saturated carbocycles. The molecule has 30 heavy (non-hydrogen) atoms. The van der Waals surface area contributed by atoms with Crippen molar-refractivity contribution in [3.8, 4) is 11.1 Å². The van der Waals surface area contributed by atoms with Gasteiger partial charge in [-0.2, -0.15) is 0 Å². The lowest BCUT2D eigenvalue weighted by molar-refractivity contribution is -0.122. The molecule has 3 aromatic rings. The molecule has 0 heterocycles. The highest BCUT2D eigenvalue weighted by Crippen LogP contribution is 2.44. The summed E-state index contributed by atoms with van der Waals surface area (Å²) in [5.74, 6) is -0.266. The van der Waals surface area contributed by atoms with E-state index in [0.717, 1.165) is 16.7 Å². The zero-order valence-corrected chi connectivity index (χ0v) is 16.8. The molecule has 0 saturated heterocycles. The first kappa shape index (κ1) is 19.7. The predicted molar refractivity (Wildman–Crippen MR) is 116 cm³/mol. The van der Waals surface area contributed by atoms with Crippen LogP contribution in [0, 0.1) is 0 Å². The van der Waals surface area contributed by atoms with Crippen molar-refractivity contribution in [1.29, 1.82) is 0 Å². The topological polar surface area (TPSA) is 67.4 Å². The Bertz CT molecular complexity index is 1000. The van der Waals surface area contributed by atoms with Gasteiger partial charge in [-0.3, -0.25) is 4.79 Å². The molecule has 5 heteroatoms. The van der Waals surface area contributed by atoms with E-state index >= 15 is 0 Å². The Morgan fingerprint density at radius 3 is 2.07 bits per heavy atom. The molecule has 0 aromatic heterocycles. The fraction of sp³-hybridized carbons (Fsp3) is 0.200. The first-order valence-electron chi connectivity index (χ1n) is 10.1. The second-order valence-electron chi connectivity index (χ2n) is 7.39. The van der Waals surface area contributed by atoms with Crippen LogP contribution in [0.5, 0.6) is 0 Å². The second kappa shape index (κ2) is 8.82. The molecule has 0 fully saturated rings. The number of fused-ring (bicyclic) bond motifs is 3. The number of amides is 2. The number of benzene rings is 3. The first-order chi connectivity index (χ1) is 14.6. The van der Waals surface area contributed by atoms with Crippen molar-refractivity contribution >= 4 is 12.0 Å². The van der Waals surface area contributed by atoms with Gasteiger partial charge in [0.25, 0.3) is 0 Å². The molecule has 1 aliphatic rings. The molecule has 0 unspecified atom stereocenters. The molecule has 1 aliphatic carbocycles. The number of hydrogen-bond donors (Lipinski definition) is 2. The summed E-state index contributed by atoms with van der Waals surface area (Å²) in [6, 6.07) is 25.3. The van der Waals surface area contributed by atoms with Crippen molar-refractivity contribution in [2.24, 2.45) is 0 Å². The molecular weight excluding hydrogens is 376 g/mol. The van der Waals surface area contributed by atoms with Gasteiger partial charge in [0.1, 0.15) is 12.6 Å². The van der Waals surface area contributed by atoms with E-state index in [1.807, 2.05) is 54.6 Å². The van der Waals surface area contributed by atoms with Crippen molar-refractivity contribution in [3.63, 3.8) is 0 Å². The van der Waals surface area contributed by atoms with E-state index in [9.17, 15) is 9.59 Å². The summed E-state index contributed by atoms with van der Waals surface area (Å²) in [6.07, 6.45) is -0.598. The monoisotopic (exact) mass is 400 g/mol. The van der Waals surface area contributed by atoms with E-state index in [2.05, 4.69) is 34.9 Å². The summed E-state index contributed by atoms with van der Waals surface area (Å²) in [4.78, 5) is 24.6. The fourth-order valence-electron chi connectivity index (χ4n) is 3.82. The van der Waals surface area contributed by atoms with Crippen LogP contribution in [0.2, 0.25) is 0 Å². The zero-order valence-electron chi connectivity index (χ0n) is 16.8. The number of carbonyl (C=O) groups is 2. The Balaban J connectivity index is 1.32. The van der Waals surface area contributed by atoms with Crippen LogP contribution < -0.4 is 10.6 Å². The summed E-state index contributed by atoms with van der Waals surface area (Å²) in [7, 11) is 0. The van der Waals surface area contributed by atoms with Gasteiger partial charge in [-0.15, -0.1) is 0 Å². The molecule has 3 aromatic carbocycles. The number of carbonyl (C=O) groups excluding carboxylic acids is 2. The van der Waals surface area contributed by atoms with Gasteiger partial charge >= 0.3 is 6.09 Å². The Morgan fingerprint density at radius 2 is 1.43 bits per heavy atom. The van der Waals surface area contributed by atoms with E-state index in [-0.39, 0.29) is 18.4 Å². The molecule has 0 bridgehead atoms. The van der Waals surface area contributed by atoms with E-state index in [4.69, 9.17) is 4.74 Å². The van der Waals surface area contributed by atoms with Gasteiger partial charge < -0.3 is 15.4 Å². The van der Waals surface area contributed by atoms with E-state index in [1.165, 1.54) is 11.1 Å². The van der Waals surface area contributed by atoms with Crippen molar-refractivity contribution in [2.45, 2.75) is 25.4 Å². The standard InChI is InChI=1S/C25H24N2O3/c1-17(24(28)26-15-18-9-3-2-4-10-18)27-25(29)30-16-23-21-13-7-5-11-19(21)20-12-6-8-14-22(20)23/h2-14,17,23H,15-16H2,1H3,(H,26,28)(H,27,29)/t17-/m0/s1. The number of ether oxygens (including phenoxy) is 1. The SMILES string of the molecule is C[C@H](NC(=O)OCC1c2ccccc2-c2ccccc21)C(=O)NCc1ccccc1. The molecule has 2 N–H and O–H groups in total. The third-order valence-corrected chi connectivity index (χ3v) is 5.38. The Labute approximate surface area is 176 Å². The molecule has 2 amide bonds. The average Bonchev–Trinajstić information content (AvgIpc) is 3.10. The first-order valence-corrected chi connectivity index (χ1v) is 10.1. The summed E-state index contributed by atoms with van der Waals surface area (Å²) in [6.45, 7) is 2.27. The van der Waals surface area contributed by atoms with Crippen LogP contribution in [-0.2, 0) is 16.1 Å². The normalized spacial score (nSPS) is 13.1. The van der Waals surface area contributed by atoms with Gasteiger partial charge in [0.2, 0.25) is 5.91 Å². The van der Waals surface area contributed by atoms with E-state index < -0.39 is 12.1 Å². The lowest BCUT2D eigenvalue weighted by atomic mass is 9.98. The summed E-state index contributed by atoms with van der Waals surface area (Å²) in [5.41, 5.74) is 5.66. The van der Waals surface area contributed by atoms with Crippen molar-refractivity contribution in [1.82, 2.24) is 10.6 Å². The maximum absolute atomic E-state index is 12.3. The molecule has 152 valence electrons. The van der Waals surface area contributed by atoms with Gasteiger partial charge in [-0.1, -0.05) is 78.9 Å². The highest BCUT2D eigenvalue weighted by molar-refractivity contribution is 5.85. The molecular formula is C25H24N2O3. The Hall–Kier alpha value is -3.60. The summed E-state index contributed by atoms with van der Waals surface area (Å²) < 4.78 is 5.49. The smallest absolute Gasteiger partial charge is 0.407 e. The minimum absolute atomic E-state index is 0.00892.